The number of carbonyl (C=O) groups excluding carboxylic acids is 1. The molecule has 0 spiro atoms. The topological polar surface area (TPSA) is 84.3 Å². The molecule has 1 atom stereocenters. The van der Waals surface area contributed by atoms with Gasteiger partial charge in [0.15, 0.2) is 0 Å². The monoisotopic (exact) mass is 357 g/mol. The first-order valence-electron chi connectivity index (χ1n) is 8.07. The van der Waals surface area contributed by atoms with Crippen molar-refractivity contribution in [3.63, 3.8) is 0 Å². The van der Waals surface area contributed by atoms with Crippen molar-refractivity contribution in [2.24, 2.45) is 0 Å². The van der Waals surface area contributed by atoms with Gasteiger partial charge < -0.3 is 10.6 Å². The second-order valence-electron chi connectivity index (χ2n) is 6.02. The molecule has 0 radical (unpaired) electrons. The molecule has 7 heteroatoms. The minimum atomic E-state index is -0.440. The van der Waals surface area contributed by atoms with Crippen LogP contribution in [0.3, 0.4) is 0 Å². The molecule has 6 nitrogen and oxygen atoms in total. The van der Waals surface area contributed by atoms with Crippen molar-refractivity contribution in [3.05, 3.63) is 63.7 Å². The first kappa shape index (κ1) is 17.4. The van der Waals surface area contributed by atoms with E-state index in [4.69, 9.17) is 0 Å². The van der Waals surface area contributed by atoms with Crippen molar-refractivity contribution in [1.29, 1.82) is 0 Å². The van der Waals surface area contributed by atoms with Gasteiger partial charge in [0, 0.05) is 29.1 Å². The van der Waals surface area contributed by atoms with Crippen LogP contribution < -0.4 is 10.6 Å². The number of rotatable bonds is 5. The molecule has 0 saturated carbocycles. The quantitative estimate of drug-likeness (QED) is 0.634. The van der Waals surface area contributed by atoms with E-state index in [1.54, 1.807) is 12.1 Å². The van der Waals surface area contributed by atoms with Crippen LogP contribution in [0.1, 0.15) is 22.3 Å². The van der Waals surface area contributed by atoms with Crippen molar-refractivity contribution in [2.45, 2.75) is 29.2 Å². The molecule has 2 aromatic carbocycles. The Morgan fingerprint density at radius 1 is 1.28 bits per heavy atom. The number of hydrogen-bond acceptors (Lipinski definition) is 5. The summed E-state index contributed by atoms with van der Waals surface area (Å²) in [4.78, 5) is 24.8. The Kier molecular flexibility index (Phi) is 5.35. The molecule has 1 fully saturated rings. The van der Waals surface area contributed by atoms with Crippen LogP contribution in [0.2, 0.25) is 0 Å². The van der Waals surface area contributed by atoms with Gasteiger partial charge in [0.25, 0.3) is 11.6 Å². The summed E-state index contributed by atoms with van der Waals surface area (Å²) in [6.07, 6.45) is 0.870. The molecule has 0 aliphatic carbocycles. The predicted molar refractivity (Wildman–Crippen MR) is 97.1 cm³/mol. The van der Waals surface area contributed by atoms with Gasteiger partial charge >= 0.3 is 0 Å². The van der Waals surface area contributed by atoms with Crippen LogP contribution in [-0.2, 0) is 0 Å². The number of nitrogens with one attached hydrogen (secondary N) is 2. The minimum Gasteiger partial charge on any atom is -0.348 e. The number of benzene rings is 2. The summed E-state index contributed by atoms with van der Waals surface area (Å²) in [5.74, 6) is -0.274. The van der Waals surface area contributed by atoms with Crippen molar-refractivity contribution in [3.8, 4) is 0 Å². The lowest BCUT2D eigenvalue weighted by Crippen LogP contribution is -2.36. The molecule has 2 aromatic rings. The van der Waals surface area contributed by atoms with Crippen molar-refractivity contribution in [2.75, 3.05) is 13.1 Å². The van der Waals surface area contributed by atoms with Crippen molar-refractivity contribution in [1.82, 2.24) is 10.6 Å². The summed E-state index contributed by atoms with van der Waals surface area (Å²) in [5.41, 5.74) is 1.39. The van der Waals surface area contributed by atoms with Crippen LogP contribution in [0, 0.1) is 17.0 Å². The second-order valence-corrected chi connectivity index (χ2v) is 7.13. The van der Waals surface area contributed by atoms with Crippen LogP contribution >= 0.6 is 11.8 Å². The molecule has 130 valence electrons. The van der Waals surface area contributed by atoms with E-state index in [0.29, 0.717) is 10.5 Å². The van der Waals surface area contributed by atoms with E-state index < -0.39 is 4.92 Å². The maximum Gasteiger partial charge on any atom is 0.284 e. The summed E-state index contributed by atoms with van der Waals surface area (Å²) >= 11 is 1.32. The van der Waals surface area contributed by atoms with Gasteiger partial charge in [-0.1, -0.05) is 29.5 Å². The highest BCUT2D eigenvalue weighted by Crippen LogP contribution is 2.35. The maximum atomic E-state index is 12.3. The third-order valence-corrected chi connectivity index (χ3v) is 5.14. The number of amides is 1. The van der Waals surface area contributed by atoms with Crippen LogP contribution in [0.5, 0.6) is 0 Å². The van der Waals surface area contributed by atoms with Crippen LogP contribution in [0.15, 0.2) is 52.3 Å². The first-order valence-corrected chi connectivity index (χ1v) is 8.89. The summed E-state index contributed by atoms with van der Waals surface area (Å²) in [6, 6.07) is 12.5. The average Bonchev–Trinajstić information content (AvgIpc) is 3.10. The van der Waals surface area contributed by atoms with E-state index in [-0.39, 0.29) is 17.6 Å². The Hall–Kier alpha value is -2.38. The first-order chi connectivity index (χ1) is 12.0. The van der Waals surface area contributed by atoms with E-state index in [1.807, 2.05) is 31.2 Å². The molecule has 1 aliphatic heterocycles. The maximum absolute atomic E-state index is 12.3. The largest absolute Gasteiger partial charge is 0.348 e. The molecular formula is C18H19N3O3S. The Balaban J connectivity index is 1.81. The van der Waals surface area contributed by atoms with Gasteiger partial charge in [0.2, 0.25) is 0 Å². The third kappa shape index (κ3) is 4.37. The number of nitrogens with zero attached hydrogens (tertiary/aromatic N) is 1. The SMILES string of the molecule is Cc1ccc(Sc2ccc(C(=O)NC3CCNC3)cc2[N+](=O)[O-])cc1. The fraction of sp³-hybridized carbons (Fsp3) is 0.278. The average molecular weight is 357 g/mol. The number of carbonyl (C=O) groups is 1. The zero-order valence-electron chi connectivity index (χ0n) is 13.8. The number of aryl methyl sites for hydroxylation is 1. The van der Waals surface area contributed by atoms with Gasteiger partial charge in [-0.05, 0) is 44.2 Å². The van der Waals surface area contributed by atoms with Gasteiger partial charge in [-0.2, -0.15) is 0 Å². The van der Waals surface area contributed by atoms with Crippen molar-refractivity contribution < 1.29 is 9.72 Å². The summed E-state index contributed by atoms with van der Waals surface area (Å²) in [6.45, 7) is 3.59. The zero-order valence-corrected chi connectivity index (χ0v) is 14.6. The number of nitro benzene ring substituents is 1. The van der Waals surface area contributed by atoms with E-state index in [0.717, 1.165) is 30.0 Å². The van der Waals surface area contributed by atoms with Gasteiger partial charge in [-0.15, -0.1) is 0 Å². The zero-order chi connectivity index (χ0) is 17.8. The highest BCUT2D eigenvalue weighted by atomic mass is 32.2. The van der Waals surface area contributed by atoms with Gasteiger partial charge in [0.05, 0.1) is 9.82 Å². The minimum absolute atomic E-state index is 0.0530. The number of nitro groups is 1. The molecular weight excluding hydrogens is 338 g/mol. The highest BCUT2D eigenvalue weighted by Gasteiger charge is 2.21. The van der Waals surface area contributed by atoms with Crippen molar-refractivity contribution >= 4 is 23.4 Å². The number of hydrogen-bond donors (Lipinski definition) is 2. The fourth-order valence-corrected chi connectivity index (χ4v) is 3.57. The molecule has 3 rings (SSSR count). The molecule has 1 aliphatic rings. The summed E-state index contributed by atoms with van der Waals surface area (Å²) in [7, 11) is 0. The van der Waals surface area contributed by atoms with Gasteiger partial charge in [-0.25, -0.2) is 0 Å². The van der Waals surface area contributed by atoms with Crippen LogP contribution in [0.4, 0.5) is 5.69 Å². The molecule has 0 aromatic heterocycles. The van der Waals surface area contributed by atoms with Crippen LogP contribution in [-0.4, -0.2) is 30.0 Å². The molecule has 25 heavy (non-hydrogen) atoms. The lowest BCUT2D eigenvalue weighted by Gasteiger charge is -2.12. The fourth-order valence-electron chi connectivity index (χ4n) is 2.67. The molecule has 1 heterocycles. The van der Waals surface area contributed by atoms with Gasteiger partial charge in [-0.3, -0.25) is 14.9 Å². The molecule has 2 N–H and O–H groups in total. The van der Waals surface area contributed by atoms with E-state index >= 15 is 0 Å². The van der Waals surface area contributed by atoms with E-state index in [9.17, 15) is 14.9 Å². The predicted octanol–water partition coefficient (Wildman–Crippen LogP) is 3.15. The molecule has 0 bridgehead atoms. The van der Waals surface area contributed by atoms with Gasteiger partial charge in [0.1, 0.15) is 0 Å². The second kappa shape index (κ2) is 7.67. The Bertz CT molecular complexity index is 787. The summed E-state index contributed by atoms with van der Waals surface area (Å²) in [5, 5.41) is 17.5. The normalized spacial score (nSPS) is 16.6. The molecule has 1 unspecified atom stereocenters. The summed E-state index contributed by atoms with van der Waals surface area (Å²) < 4.78 is 0. The Morgan fingerprint density at radius 3 is 2.68 bits per heavy atom. The van der Waals surface area contributed by atoms with E-state index in [1.165, 1.54) is 17.8 Å². The van der Waals surface area contributed by atoms with Crippen LogP contribution in [0.25, 0.3) is 0 Å². The molecule has 1 saturated heterocycles. The lowest BCUT2D eigenvalue weighted by atomic mass is 10.1. The lowest BCUT2D eigenvalue weighted by molar-refractivity contribution is -0.387. The highest BCUT2D eigenvalue weighted by molar-refractivity contribution is 7.99. The smallest absolute Gasteiger partial charge is 0.284 e. The van der Waals surface area contributed by atoms with E-state index in [2.05, 4.69) is 10.6 Å². The standard InChI is InChI=1S/C18H19N3O3S/c1-12-2-5-15(6-3-12)25-17-7-4-13(10-16(17)21(23)24)18(22)20-14-8-9-19-11-14/h2-7,10,14,19H,8-9,11H2,1H3,(H,20,22). The molecule has 1 amide bonds. The Morgan fingerprint density at radius 2 is 2.04 bits per heavy atom. The Labute approximate surface area is 150 Å². The third-order valence-electron chi connectivity index (χ3n) is 4.06.